The lowest BCUT2D eigenvalue weighted by molar-refractivity contribution is -0.121. The summed E-state index contributed by atoms with van der Waals surface area (Å²) in [5.74, 6) is 0.466. The first kappa shape index (κ1) is 13.8. The molecule has 0 spiro atoms. The van der Waals surface area contributed by atoms with E-state index in [1.54, 1.807) is 6.92 Å². The fourth-order valence-corrected chi connectivity index (χ4v) is 2.32. The highest BCUT2D eigenvalue weighted by Gasteiger charge is 2.32. The van der Waals surface area contributed by atoms with Gasteiger partial charge in [-0.2, -0.15) is 0 Å². The standard InChI is InChI=1S/C15H23NO/c1-5-15(12(2)3,16-13(4)17)11-14-9-7-6-8-10-14/h6-10,12H,5,11H2,1-4H3,(H,16,17). The maximum atomic E-state index is 11.4. The fraction of sp³-hybridized carbons (Fsp3) is 0.533. The molecule has 0 aliphatic heterocycles. The van der Waals surface area contributed by atoms with E-state index < -0.39 is 0 Å². The van der Waals surface area contributed by atoms with E-state index in [1.807, 2.05) is 18.2 Å². The highest BCUT2D eigenvalue weighted by molar-refractivity contribution is 5.74. The fourth-order valence-electron chi connectivity index (χ4n) is 2.32. The van der Waals surface area contributed by atoms with Gasteiger partial charge in [-0.25, -0.2) is 0 Å². The van der Waals surface area contributed by atoms with Gasteiger partial charge in [0.1, 0.15) is 0 Å². The third-order valence-electron chi connectivity index (χ3n) is 3.52. The first-order valence-corrected chi connectivity index (χ1v) is 6.33. The molecule has 17 heavy (non-hydrogen) atoms. The number of hydrogen-bond donors (Lipinski definition) is 1. The molecule has 1 aromatic carbocycles. The van der Waals surface area contributed by atoms with Crippen molar-refractivity contribution >= 4 is 5.91 Å². The molecule has 1 unspecified atom stereocenters. The summed E-state index contributed by atoms with van der Waals surface area (Å²) in [4.78, 5) is 11.4. The number of rotatable bonds is 5. The van der Waals surface area contributed by atoms with Gasteiger partial charge in [0.15, 0.2) is 0 Å². The first-order valence-electron chi connectivity index (χ1n) is 6.33. The zero-order valence-corrected chi connectivity index (χ0v) is 11.3. The zero-order valence-electron chi connectivity index (χ0n) is 11.3. The van der Waals surface area contributed by atoms with Crippen molar-refractivity contribution in [1.82, 2.24) is 5.32 Å². The largest absolute Gasteiger partial charge is 0.350 e. The molecule has 0 heterocycles. The number of benzene rings is 1. The van der Waals surface area contributed by atoms with Crippen LogP contribution in [0.3, 0.4) is 0 Å². The Bertz CT molecular complexity index is 358. The van der Waals surface area contributed by atoms with Gasteiger partial charge in [-0.15, -0.1) is 0 Å². The summed E-state index contributed by atoms with van der Waals surface area (Å²) in [6, 6.07) is 10.3. The molecule has 1 aromatic rings. The Morgan fingerprint density at radius 1 is 1.29 bits per heavy atom. The third-order valence-corrected chi connectivity index (χ3v) is 3.52. The topological polar surface area (TPSA) is 29.1 Å². The molecule has 0 radical (unpaired) electrons. The van der Waals surface area contributed by atoms with Crippen LogP contribution in [0.4, 0.5) is 0 Å². The quantitative estimate of drug-likeness (QED) is 0.831. The molecule has 0 bridgehead atoms. The Hall–Kier alpha value is -1.31. The maximum absolute atomic E-state index is 11.4. The predicted molar refractivity (Wildman–Crippen MR) is 71.8 cm³/mol. The number of nitrogens with one attached hydrogen (secondary N) is 1. The van der Waals surface area contributed by atoms with Gasteiger partial charge < -0.3 is 5.32 Å². The van der Waals surface area contributed by atoms with Crippen molar-refractivity contribution in [1.29, 1.82) is 0 Å². The molecule has 0 aliphatic rings. The molecule has 1 N–H and O–H groups in total. The van der Waals surface area contributed by atoms with Crippen LogP contribution in [0.1, 0.15) is 39.7 Å². The van der Waals surface area contributed by atoms with Crippen LogP contribution < -0.4 is 5.32 Å². The van der Waals surface area contributed by atoms with Crippen molar-refractivity contribution < 1.29 is 4.79 Å². The summed E-state index contributed by atoms with van der Waals surface area (Å²) in [6.45, 7) is 8.07. The van der Waals surface area contributed by atoms with Crippen molar-refractivity contribution in [2.45, 2.75) is 46.1 Å². The van der Waals surface area contributed by atoms with E-state index in [0.717, 1.165) is 12.8 Å². The van der Waals surface area contributed by atoms with Crippen molar-refractivity contribution in [3.05, 3.63) is 35.9 Å². The monoisotopic (exact) mass is 233 g/mol. The van der Waals surface area contributed by atoms with Gasteiger partial charge in [-0.1, -0.05) is 51.1 Å². The van der Waals surface area contributed by atoms with Crippen molar-refractivity contribution in [2.24, 2.45) is 5.92 Å². The zero-order chi connectivity index (χ0) is 12.9. The molecule has 0 aliphatic carbocycles. The van der Waals surface area contributed by atoms with Gasteiger partial charge >= 0.3 is 0 Å². The summed E-state index contributed by atoms with van der Waals surface area (Å²) in [6.07, 6.45) is 1.83. The summed E-state index contributed by atoms with van der Waals surface area (Å²) >= 11 is 0. The van der Waals surface area contributed by atoms with Gasteiger partial charge in [0.25, 0.3) is 0 Å². The second-order valence-corrected chi connectivity index (χ2v) is 5.01. The molecule has 1 rings (SSSR count). The lowest BCUT2D eigenvalue weighted by Gasteiger charge is -2.38. The summed E-state index contributed by atoms with van der Waals surface area (Å²) in [5.41, 5.74) is 1.14. The van der Waals surface area contributed by atoms with E-state index in [1.165, 1.54) is 5.56 Å². The van der Waals surface area contributed by atoms with Crippen LogP contribution in [0, 0.1) is 5.92 Å². The summed E-state index contributed by atoms with van der Waals surface area (Å²) in [5, 5.41) is 3.15. The van der Waals surface area contributed by atoms with Gasteiger partial charge in [-0.05, 0) is 24.3 Å². The molecule has 0 aromatic heterocycles. The normalized spacial score (nSPS) is 14.4. The third kappa shape index (κ3) is 3.58. The maximum Gasteiger partial charge on any atom is 0.217 e. The number of carbonyl (C=O) groups excluding carboxylic acids is 1. The van der Waals surface area contributed by atoms with Crippen molar-refractivity contribution in [3.8, 4) is 0 Å². The Morgan fingerprint density at radius 3 is 2.29 bits per heavy atom. The number of hydrogen-bond acceptors (Lipinski definition) is 1. The molecule has 2 nitrogen and oxygen atoms in total. The van der Waals surface area contributed by atoms with Crippen LogP contribution >= 0.6 is 0 Å². The average molecular weight is 233 g/mol. The lowest BCUT2D eigenvalue weighted by atomic mass is 9.78. The molecule has 0 fully saturated rings. The highest BCUT2D eigenvalue weighted by atomic mass is 16.1. The Morgan fingerprint density at radius 2 is 1.88 bits per heavy atom. The Labute approximate surface area is 104 Å². The minimum atomic E-state index is -0.132. The van der Waals surface area contributed by atoms with Crippen LogP contribution in [0.2, 0.25) is 0 Å². The second kappa shape index (κ2) is 5.85. The smallest absolute Gasteiger partial charge is 0.217 e. The number of amides is 1. The van der Waals surface area contributed by atoms with E-state index >= 15 is 0 Å². The molecular formula is C15H23NO. The minimum absolute atomic E-state index is 0.0523. The lowest BCUT2D eigenvalue weighted by Crippen LogP contribution is -2.52. The van der Waals surface area contributed by atoms with Crippen LogP contribution in [-0.4, -0.2) is 11.4 Å². The average Bonchev–Trinajstić information content (AvgIpc) is 2.28. The predicted octanol–water partition coefficient (Wildman–Crippen LogP) is 3.17. The molecule has 0 saturated carbocycles. The summed E-state index contributed by atoms with van der Waals surface area (Å²) in [7, 11) is 0. The first-order chi connectivity index (χ1) is 8.00. The van der Waals surface area contributed by atoms with Crippen LogP contribution in [0.15, 0.2) is 30.3 Å². The van der Waals surface area contributed by atoms with Crippen LogP contribution in [0.25, 0.3) is 0 Å². The van der Waals surface area contributed by atoms with Crippen LogP contribution in [0.5, 0.6) is 0 Å². The van der Waals surface area contributed by atoms with Gasteiger partial charge in [0.05, 0.1) is 0 Å². The van der Waals surface area contributed by atoms with Crippen molar-refractivity contribution in [3.63, 3.8) is 0 Å². The van der Waals surface area contributed by atoms with Gasteiger partial charge in [-0.3, -0.25) is 4.79 Å². The second-order valence-electron chi connectivity index (χ2n) is 5.01. The Balaban J connectivity index is 2.94. The van der Waals surface area contributed by atoms with E-state index in [4.69, 9.17) is 0 Å². The molecule has 1 atom stereocenters. The van der Waals surface area contributed by atoms with Gasteiger partial charge in [0, 0.05) is 12.5 Å². The SMILES string of the molecule is CCC(Cc1ccccc1)(NC(C)=O)C(C)C. The Kier molecular flexibility index (Phi) is 4.73. The van der Waals surface area contributed by atoms with E-state index in [0.29, 0.717) is 5.92 Å². The van der Waals surface area contributed by atoms with E-state index in [2.05, 4.69) is 38.2 Å². The van der Waals surface area contributed by atoms with Gasteiger partial charge in [0.2, 0.25) is 5.91 Å². The number of carbonyl (C=O) groups is 1. The molecule has 0 saturated heterocycles. The van der Waals surface area contributed by atoms with E-state index in [-0.39, 0.29) is 11.4 Å². The molecule has 2 heteroatoms. The van der Waals surface area contributed by atoms with Crippen molar-refractivity contribution in [2.75, 3.05) is 0 Å². The molecule has 1 amide bonds. The summed E-state index contributed by atoms with van der Waals surface area (Å²) < 4.78 is 0. The van der Waals surface area contributed by atoms with E-state index in [9.17, 15) is 4.79 Å². The molecule has 94 valence electrons. The highest BCUT2D eigenvalue weighted by Crippen LogP contribution is 2.26. The molecular weight excluding hydrogens is 210 g/mol. The minimum Gasteiger partial charge on any atom is -0.350 e. The van der Waals surface area contributed by atoms with Crippen LogP contribution in [-0.2, 0) is 11.2 Å².